The molecule has 0 bridgehead atoms. The topological polar surface area (TPSA) is 88.5 Å². The van der Waals surface area contributed by atoms with Crippen molar-refractivity contribution in [3.05, 3.63) is 35.4 Å². The third-order valence-corrected chi connectivity index (χ3v) is 16.7. The lowest BCUT2D eigenvalue weighted by Gasteiger charge is -2.63. The summed E-state index contributed by atoms with van der Waals surface area (Å²) >= 11 is 0. The summed E-state index contributed by atoms with van der Waals surface area (Å²) in [6.45, 7) is 16.9. The van der Waals surface area contributed by atoms with E-state index in [0.717, 1.165) is 57.7 Å². The van der Waals surface area contributed by atoms with E-state index in [2.05, 4.69) is 39.5 Å². The Morgan fingerprint density at radius 3 is 2.35 bits per heavy atom. The number of aliphatic hydroxyl groups is 1. The maximum Gasteiger partial charge on any atom is 0.320 e. The van der Waals surface area contributed by atoms with Crippen molar-refractivity contribution in [3.63, 3.8) is 0 Å². The van der Waals surface area contributed by atoms with E-state index in [4.69, 9.17) is 14.2 Å². The molecular formula is C42H60F2N2O6. The highest BCUT2D eigenvalue weighted by molar-refractivity contribution is 5.73. The quantitative estimate of drug-likeness (QED) is 0.327. The molecule has 7 aliphatic rings. The Labute approximate surface area is 308 Å². The molecule has 2 heterocycles. The molecular weight excluding hydrogens is 666 g/mol. The standard InChI is InChI=1S/C42H60F2N2O6/c1-25-17-30(22-46(26(2)47)21-27-18-28(43)20-29(44)19-27)51-36-35(25)39(5)11-12-42-24-41(42)10-9-33(52-34(48)23-45-13-15-50-16-14-45)38(3,4)31(41)7-8-32(42)40(39,6)37(36)49/h18-20,25,30-33,35-37,49H,7-17,21-24H2,1-6H3/t25-,30?,31+,32?,33?,35+,36?,37+,39?,40-,41?,42?/m1/s1. The average molecular weight is 727 g/mol. The summed E-state index contributed by atoms with van der Waals surface area (Å²) < 4.78 is 46.7. The SMILES string of the molecule is CC(=O)N(Cc1cc(F)cc(F)c1)CC1C[C@@H](C)[C@H]2C(O1)[C@H](O)[C@@]1(C)C3CC[C@H]4C(C)(C)C(OC(=O)CN5CCOCC5)CCC45CC35CCC21C. The maximum absolute atomic E-state index is 14.0. The number of fused-ring (bicyclic) bond motifs is 4. The number of carbonyl (C=O) groups excluding carboxylic acids is 2. The zero-order chi connectivity index (χ0) is 37.0. The highest BCUT2D eigenvalue weighted by Crippen LogP contribution is 2.89. The molecule has 288 valence electrons. The zero-order valence-corrected chi connectivity index (χ0v) is 32.1. The number of carbonyl (C=O) groups is 2. The Kier molecular flexibility index (Phi) is 8.99. The van der Waals surface area contributed by atoms with Crippen LogP contribution in [0.15, 0.2) is 18.2 Å². The largest absolute Gasteiger partial charge is 0.461 e. The van der Waals surface area contributed by atoms with Crippen LogP contribution in [0.2, 0.25) is 0 Å². The first-order valence-corrected chi connectivity index (χ1v) is 20.1. The lowest BCUT2D eigenvalue weighted by atomic mass is 9.41. The number of ether oxygens (including phenoxy) is 3. The van der Waals surface area contributed by atoms with E-state index in [-0.39, 0.29) is 75.6 Å². The van der Waals surface area contributed by atoms with Crippen molar-refractivity contribution in [3.8, 4) is 0 Å². The molecule has 10 heteroatoms. The van der Waals surface area contributed by atoms with E-state index < -0.39 is 17.7 Å². The molecule has 7 fully saturated rings. The second kappa shape index (κ2) is 12.7. The van der Waals surface area contributed by atoms with Gasteiger partial charge >= 0.3 is 5.97 Å². The molecule has 2 saturated heterocycles. The molecule has 2 spiro atoms. The Hall–Kier alpha value is -2.14. The molecule has 1 aromatic rings. The van der Waals surface area contributed by atoms with Gasteiger partial charge in [0.05, 0.1) is 38.1 Å². The van der Waals surface area contributed by atoms with Gasteiger partial charge in [-0.25, -0.2) is 8.78 Å². The second-order valence-electron chi connectivity index (χ2n) is 19.2. The van der Waals surface area contributed by atoms with E-state index in [9.17, 15) is 23.5 Å². The lowest BCUT2D eigenvalue weighted by Crippen LogP contribution is -2.60. The third kappa shape index (κ3) is 5.37. The molecule has 7 unspecified atom stereocenters. The number of rotatable bonds is 7. The van der Waals surface area contributed by atoms with Crippen LogP contribution < -0.4 is 0 Å². The summed E-state index contributed by atoms with van der Waals surface area (Å²) in [5, 5.41) is 12.6. The van der Waals surface area contributed by atoms with Gasteiger partial charge in [-0.3, -0.25) is 14.5 Å². The van der Waals surface area contributed by atoms with E-state index in [1.165, 1.54) is 31.9 Å². The van der Waals surface area contributed by atoms with Gasteiger partial charge in [0.15, 0.2) is 0 Å². The number of amides is 1. The summed E-state index contributed by atoms with van der Waals surface area (Å²) in [6.07, 6.45) is 7.00. The summed E-state index contributed by atoms with van der Waals surface area (Å²) in [4.78, 5) is 29.7. The molecule has 52 heavy (non-hydrogen) atoms. The number of morpholine rings is 1. The van der Waals surface area contributed by atoms with Gasteiger partial charge in [0.1, 0.15) is 17.7 Å². The number of benzene rings is 1. The predicted octanol–water partition coefficient (Wildman–Crippen LogP) is 6.37. The minimum atomic E-state index is -0.661. The van der Waals surface area contributed by atoms with Gasteiger partial charge in [-0.05, 0) is 109 Å². The van der Waals surface area contributed by atoms with Crippen LogP contribution in [0.25, 0.3) is 0 Å². The van der Waals surface area contributed by atoms with Crippen molar-refractivity contribution in [2.75, 3.05) is 39.4 Å². The Balaban J connectivity index is 0.990. The van der Waals surface area contributed by atoms with Crippen LogP contribution in [0.1, 0.15) is 98.5 Å². The minimum absolute atomic E-state index is 0.0871. The molecule has 12 atom stereocenters. The Morgan fingerprint density at radius 1 is 0.981 bits per heavy atom. The van der Waals surface area contributed by atoms with Crippen molar-refractivity contribution in [2.45, 2.75) is 124 Å². The predicted molar refractivity (Wildman–Crippen MR) is 191 cm³/mol. The molecule has 0 radical (unpaired) electrons. The molecule has 5 aliphatic carbocycles. The smallest absolute Gasteiger partial charge is 0.320 e. The number of halogens is 2. The molecule has 1 N–H and O–H groups in total. The van der Waals surface area contributed by atoms with Crippen LogP contribution in [0.5, 0.6) is 0 Å². The molecule has 1 aromatic carbocycles. The van der Waals surface area contributed by atoms with Crippen LogP contribution in [-0.2, 0) is 30.3 Å². The first-order valence-electron chi connectivity index (χ1n) is 20.1. The summed E-state index contributed by atoms with van der Waals surface area (Å²) in [6, 6.07) is 3.39. The number of nitrogens with zero attached hydrogens (tertiary/aromatic N) is 2. The lowest BCUT2D eigenvalue weighted by molar-refractivity contribution is -0.193. The van der Waals surface area contributed by atoms with E-state index in [1.807, 2.05) is 0 Å². The fourth-order valence-corrected chi connectivity index (χ4v) is 14.3. The van der Waals surface area contributed by atoms with Crippen LogP contribution in [0.4, 0.5) is 8.78 Å². The first kappa shape index (κ1) is 36.8. The van der Waals surface area contributed by atoms with E-state index in [1.54, 1.807) is 4.90 Å². The van der Waals surface area contributed by atoms with Crippen molar-refractivity contribution in [1.29, 1.82) is 0 Å². The molecule has 8 nitrogen and oxygen atoms in total. The number of esters is 1. The highest BCUT2D eigenvalue weighted by atomic mass is 19.1. The fourth-order valence-electron chi connectivity index (χ4n) is 14.3. The number of hydrogen-bond acceptors (Lipinski definition) is 7. The zero-order valence-electron chi connectivity index (χ0n) is 32.1. The van der Waals surface area contributed by atoms with Crippen LogP contribution >= 0.6 is 0 Å². The number of hydrogen-bond donors (Lipinski definition) is 1. The Morgan fingerprint density at radius 2 is 1.65 bits per heavy atom. The number of aliphatic hydroxyl groups excluding tert-OH is 1. The van der Waals surface area contributed by atoms with Crippen LogP contribution in [-0.4, -0.2) is 90.6 Å². The fraction of sp³-hybridized carbons (Fsp3) is 0.810. The normalized spacial score (nSPS) is 44.7. The van der Waals surface area contributed by atoms with E-state index in [0.29, 0.717) is 43.7 Å². The first-order chi connectivity index (χ1) is 24.6. The molecule has 0 aromatic heterocycles. The average Bonchev–Trinajstić information content (AvgIpc) is 3.70. The molecule has 5 saturated carbocycles. The van der Waals surface area contributed by atoms with Crippen molar-refractivity contribution in [2.24, 2.45) is 50.7 Å². The highest BCUT2D eigenvalue weighted by Gasteiger charge is 2.84. The van der Waals surface area contributed by atoms with Gasteiger partial charge in [0, 0.05) is 50.0 Å². The summed E-state index contributed by atoms with van der Waals surface area (Å²) in [5.41, 5.74) is 0.287. The summed E-state index contributed by atoms with van der Waals surface area (Å²) in [5.74, 6) is -0.266. The molecule has 1 amide bonds. The van der Waals surface area contributed by atoms with E-state index >= 15 is 0 Å². The Bertz CT molecular complexity index is 1560. The summed E-state index contributed by atoms with van der Waals surface area (Å²) in [7, 11) is 0. The van der Waals surface area contributed by atoms with Crippen molar-refractivity contribution in [1.82, 2.24) is 9.80 Å². The van der Waals surface area contributed by atoms with Gasteiger partial charge in [0.2, 0.25) is 5.91 Å². The molecule has 2 aliphatic heterocycles. The minimum Gasteiger partial charge on any atom is -0.461 e. The second-order valence-corrected chi connectivity index (χ2v) is 19.2. The van der Waals surface area contributed by atoms with Gasteiger partial charge < -0.3 is 24.2 Å². The van der Waals surface area contributed by atoms with Gasteiger partial charge in [-0.1, -0.05) is 34.6 Å². The van der Waals surface area contributed by atoms with Crippen molar-refractivity contribution < 1.29 is 37.7 Å². The van der Waals surface area contributed by atoms with Crippen molar-refractivity contribution >= 4 is 11.9 Å². The van der Waals surface area contributed by atoms with Gasteiger partial charge in [-0.15, -0.1) is 0 Å². The van der Waals surface area contributed by atoms with Gasteiger partial charge in [-0.2, -0.15) is 0 Å². The third-order valence-electron chi connectivity index (χ3n) is 16.7. The maximum atomic E-state index is 14.0. The molecule has 8 rings (SSSR count). The van der Waals surface area contributed by atoms with Gasteiger partial charge in [0.25, 0.3) is 0 Å². The van der Waals surface area contributed by atoms with Crippen LogP contribution in [0.3, 0.4) is 0 Å². The monoisotopic (exact) mass is 726 g/mol. The van der Waals surface area contributed by atoms with Crippen LogP contribution in [0, 0.1) is 62.4 Å².